The fourth-order valence-electron chi connectivity index (χ4n) is 2.94. The van der Waals surface area contributed by atoms with E-state index in [9.17, 15) is 10.1 Å². The van der Waals surface area contributed by atoms with Crippen molar-refractivity contribution in [2.45, 2.75) is 39.0 Å². The highest BCUT2D eigenvalue weighted by Gasteiger charge is 2.17. The summed E-state index contributed by atoms with van der Waals surface area (Å²) in [7, 11) is 0. The summed E-state index contributed by atoms with van der Waals surface area (Å²) < 4.78 is 0. The lowest BCUT2D eigenvalue weighted by Gasteiger charge is -2.26. The van der Waals surface area contributed by atoms with E-state index < -0.39 is 4.92 Å². The molecular weight excluding hydrogens is 268 g/mol. The number of hydrazine groups is 1. The van der Waals surface area contributed by atoms with Crippen LogP contribution in [0, 0.1) is 22.0 Å². The molecule has 0 unspecified atom stereocenters. The van der Waals surface area contributed by atoms with E-state index in [1.54, 1.807) is 12.1 Å². The molecule has 4 N–H and O–H groups in total. The van der Waals surface area contributed by atoms with Crippen LogP contribution in [0.1, 0.15) is 39.0 Å². The maximum atomic E-state index is 10.9. The van der Waals surface area contributed by atoms with Gasteiger partial charge in [0.2, 0.25) is 0 Å². The van der Waals surface area contributed by atoms with Gasteiger partial charge < -0.3 is 10.7 Å². The minimum atomic E-state index is -0.408. The van der Waals surface area contributed by atoms with Gasteiger partial charge >= 0.3 is 0 Å². The Balaban J connectivity index is 1.87. The Kier molecular flexibility index (Phi) is 5.38. The van der Waals surface area contributed by atoms with Crippen molar-refractivity contribution in [2.75, 3.05) is 17.3 Å². The molecule has 116 valence electrons. The highest BCUT2D eigenvalue weighted by molar-refractivity contribution is 5.63. The SMILES string of the molecule is CC1CCC(CCNc2cc(NN)cc([N+](=O)[O-])c2)CC1. The van der Waals surface area contributed by atoms with Gasteiger partial charge in [-0.05, 0) is 24.3 Å². The van der Waals surface area contributed by atoms with Gasteiger partial charge in [0.15, 0.2) is 0 Å². The van der Waals surface area contributed by atoms with Crippen LogP contribution in [0.25, 0.3) is 0 Å². The van der Waals surface area contributed by atoms with Gasteiger partial charge in [-0.3, -0.25) is 16.0 Å². The van der Waals surface area contributed by atoms with Gasteiger partial charge in [-0.2, -0.15) is 0 Å². The molecule has 0 spiro atoms. The van der Waals surface area contributed by atoms with E-state index in [1.807, 2.05) is 0 Å². The van der Waals surface area contributed by atoms with Crippen molar-refractivity contribution in [3.63, 3.8) is 0 Å². The third kappa shape index (κ3) is 4.60. The number of anilines is 2. The number of non-ortho nitro benzene ring substituents is 1. The van der Waals surface area contributed by atoms with E-state index in [1.165, 1.54) is 31.7 Å². The van der Waals surface area contributed by atoms with Gasteiger partial charge in [-0.1, -0.05) is 32.6 Å². The molecule has 0 radical (unpaired) electrons. The number of rotatable bonds is 6. The van der Waals surface area contributed by atoms with Crippen LogP contribution in [-0.2, 0) is 0 Å². The fourth-order valence-corrected chi connectivity index (χ4v) is 2.94. The van der Waals surface area contributed by atoms with Crippen LogP contribution >= 0.6 is 0 Å². The fraction of sp³-hybridized carbons (Fsp3) is 0.600. The Bertz CT molecular complexity index is 485. The Hall–Kier alpha value is -1.82. The van der Waals surface area contributed by atoms with Gasteiger partial charge in [0.05, 0.1) is 10.6 Å². The van der Waals surface area contributed by atoms with Crippen molar-refractivity contribution in [2.24, 2.45) is 17.7 Å². The lowest BCUT2D eigenvalue weighted by atomic mass is 9.81. The van der Waals surface area contributed by atoms with Crippen LogP contribution < -0.4 is 16.6 Å². The summed E-state index contributed by atoms with van der Waals surface area (Å²) in [6.45, 7) is 3.16. The lowest BCUT2D eigenvalue weighted by Crippen LogP contribution is -2.16. The number of nitrogens with one attached hydrogen (secondary N) is 2. The quantitative estimate of drug-likeness (QED) is 0.424. The third-order valence-electron chi connectivity index (χ3n) is 4.31. The van der Waals surface area contributed by atoms with Gasteiger partial charge in [-0.25, -0.2) is 0 Å². The van der Waals surface area contributed by atoms with Gasteiger partial charge in [0, 0.05) is 24.4 Å². The highest BCUT2D eigenvalue weighted by atomic mass is 16.6. The molecule has 1 aromatic carbocycles. The first kappa shape index (κ1) is 15.6. The number of nitro benzene ring substituents is 1. The van der Waals surface area contributed by atoms with Crippen molar-refractivity contribution < 1.29 is 4.92 Å². The Morgan fingerprint density at radius 1 is 1.24 bits per heavy atom. The molecule has 1 aliphatic carbocycles. The zero-order chi connectivity index (χ0) is 15.2. The van der Waals surface area contributed by atoms with Crippen molar-refractivity contribution in [3.05, 3.63) is 28.3 Å². The average Bonchev–Trinajstić information content (AvgIpc) is 2.49. The van der Waals surface area contributed by atoms with Gasteiger partial charge in [0.1, 0.15) is 0 Å². The molecule has 0 amide bonds. The minimum absolute atomic E-state index is 0.0411. The average molecular weight is 292 g/mol. The van der Waals surface area contributed by atoms with Crippen LogP contribution in [0.3, 0.4) is 0 Å². The smallest absolute Gasteiger partial charge is 0.273 e. The third-order valence-corrected chi connectivity index (χ3v) is 4.31. The van der Waals surface area contributed by atoms with Crippen LogP contribution in [0.4, 0.5) is 17.1 Å². The summed E-state index contributed by atoms with van der Waals surface area (Å²) in [4.78, 5) is 10.5. The van der Waals surface area contributed by atoms with Crippen LogP contribution in [0.2, 0.25) is 0 Å². The van der Waals surface area contributed by atoms with Crippen LogP contribution in [0.5, 0.6) is 0 Å². The maximum absolute atomic E-state index is 10.9. The van der Waals surface area contributed by atoms with E-state index in [2.05, 4.69) is 17.7 Å². The van der Waals surface area contributed by atoms with Crippen LogP contribution in [0.15, 0.2) is 18.2 Å². The summed E-state index contributed by atoms with van der Waals surface area (Å²) in [5.74, 6) is 6.99. The second-order valence-electron chi connectivity index (χ2n) is 6.01. The van der Waals surface area contributed by atoms with Crippen molar-refractivity contribution >= 4 is 17.1 Å². The predicted molar refractivity (Wildman–Crippen MR) is 85.1 cm³/mol. The van der Waals surface area contributed by atoms with E-state index in [4.69, 9.17) is 5.84 Å². The number of nitro groups is 1. The van der Waals surface area contributed by atoms with Crippen molar-refractivity contribution in [1.29, 1.82) is 0 Å². The molecule has 0 aromatic heterocycles. The summed E-state index contributed by atoms with van der Waals surface area (Å²) >= 11 is 0. The van der Waals surface area contributed by atoms with Crippen molar-refractivity contribution in [3.8, 4) is 0 Å². The molecule has 6 heteroatoms. The molecule has 1 aromatic rings. The molecule has 2 rings (SSSR count). The lowest BCUT2D eigenvalue weighted by molar-refractivity contribution is -0.384. The Morgan fingerprint density at radius 2 is 1.90 bits per heavy atom. The second-order valence-corrected chi connectivity index (χ2v) is 6.01. The van der Waals surface area contributed by atoms with Gasteiger partial charge in [-0.15, -0.1) is 0 Å². The largest absolute Gasteiger partial charge is 0.385 e. The van der Waals surface area contributed by atoms with Gasteiger partial charge in [0.25, 0.3) is 5.69 Å². The number of benzene rings is 1. The molecule has 0 aliphatic heterocycles. The first-order valence-electron chi connectivity index (χ1n) is 7.58. The molecular formula is C15H24N4O2. The summed E-state index contributed by atoms with van der Waals surface area (Å²) in [5.41, 5.74) is 3.78. The first-order chi connectivity index (χ1) is 10.1. The number of hydrogen-bond acceptors (Lipinski definition) is 5. The zero-order valence-corrected chi connectivity index (χ0v) is 12.5. The topological polar surface area (TPSA) is 93.2 Å². The summed E-state index contributed by atoms with van der Waals surface area (Å²) in [6.07, 6.45) is 6.35. The molecule has 0 atom stereocenters. The number of nitrogens with zero attached hydrogens (tertiary/aromatic N) is 1. The minimum Gasteiger partial charge on any atom is -0.385 e. The Morgan fingerprint density at radius 3 is 2.52 bits per heavy atom. The number of nitrogens with two attached hydrogens (primary N) is 1. The van der Waals surface area contributed by atoms with Crippen LogP contribution in [-0.4, -0.2) is 11.5 Å². The summed E-state index contributed by atoms with van der Waals surface area (Å²) in [6, 6.07) is 4.76. The first-order valence-corrected chi connectivity index (χ1v) is 7.58. The highest BCUT2D eigenvalue weighted by Crippen LogP contribution is 2.30. The Labute approximate surface area is 125 Å². The van der Waals surface area contributed by atoms with Crippen molar-refractivity contribution in [1.82, 2.24) is 0 Å². The number of nitrogen functional groups attached to an aromatic ring is 1. The molecule has 6 nitrogen and oxygen atoms in total. The molecule has 1 aliphatic rings. The second kappa shape index (κ2) is 7.26. The molecule has 0 saturated heterocycles. The molecule has 0 heterocycles. The zero-order valence-electron chi connectivity index (χ0n) is 12.5. The predicted octanol–water partition coefficient (Wildman–Crippen LogP) is 3.51. The normalized spacial score (nSPS) is 21.8. The monoisotopic (exact) mass is 292 g/mol. The van der Waals surface area contributed by atoms with E-state index >= 15 is 0 Å². The summed E-state index contributed by atoms with van der Waals surface area (Å²) in [5, 5.41) is 14.2. The molecule has 1 fully saturated rings. The molecule has 21 heavy (non-hydrogen) atoms. The van der Waals surface area contributed by atoms with E-state index in [0.29, 0.717) is 5.69 Å². The maximum Gasteiger partial charge on any atom is 0.273 e. The standard InChI is InChI=1S/C15H24N4O2/c1-11-2-4-12(5-3-11)6-7-17-13-8-14(18-16)10-15(9-13)19(20)21/h8-12,17-18H,2-7,16H2,1H3. The van der Waals surface area contributed by atoms with E-state index in [-0.39, 0.29) is 5.69 Å². The van der Waals surface area contributed by atoms with E-state index in [0.717, 1.165) is 30.5 Å². The number of hydrogen-bond donors (Lipinski definition) is 3. The molecule has 0 bridgehead atoms. The molecule has 1 saturated carbocycles.